The lowest BCUT2D eigenvalue weighted by Gasteiger charge is -2.27. The van der Waals surface area contributed by atoms with E-state index in [4.69, 9.17) is 5.73 Å². The van der Waals surface area contributed by atoms with Crippen LogP contribution >= 0.6 is 0 Å². The highest BCUT2D eigenvalue weighted by Gasteiger charge is 2.45. The topological polar surface area (TPSA) is 110 Å². The maximum absolute atomic E-state index is 13.0. The lowest BCUT2D eigenvalue weighted by atomic mass is 10.0. The first-order valence-corrected chi connectivity index (χ1v) is 10.1. The molecule has 152 valence electrons. The molecule has 1 saturated heterocycles. The van der Waals surface area contributed by atoms with Crippen molar-refractivity contribution in [1.82, 2.24) is 10.2 Å². The van der Waals surface area contributed by atoms with Crippen molar-refractivity contribution in [3.8, 4) is 11.8 Å². The lowest BCUT2D eigenvalue weighted by molar-refractivity contribution is -0.136. The second-order valence-electron chi connectivity index (χ2n) is 7.28. The molecule has 0 aliphatic carbocycles. The number of fused-ring (bicyclic) bond motifs is 1. The van der Waals surface area contributed by atoms with Crippen LogP contribution in [0.3, 0.4) is 0 Å². The molecular weight excluding hydrogens is 370 g/mol. The molecule has 1 fully saturated rings. The number of nitrogens with zero attached hydrogens (tertiary/aromatic N) is 1. The average Bonchev–Trinajstić information content (AvgIpc) is 2.95. The van der Waals surface area contributed by atoms with Crippen LogP contribution in [-0.4, -0.2) is 41.1 Å². The van der Waals surface area contributed by atoms with Crippen molar-refractivity contribution in [2.75, 3.05) is 6.54 Å². The lowest BCUT2D eigenvalue weighted by Crippen LogP contribution is -2.54. The Hall–Kier alpha value is -2.98. The number of hydrogen-bond donors (Lipinski definition) is 2. The number of nitrogens with one attached hydrogen (secondary N) is 1. The number of carbonyl (C=O) groups is 4. The third-order valence-corrected chi connectivity index (χ3v) is 5.20. The van der Waals surface area contributed by atoms with Crippen LogP contribution in [0.4, 0.5) is 0 Å². The maximum atomic E-state index is 13.0. The van der Waals surface area contributed by atoms with Gasteiger partial charge in [-0.25, -0.2) is 0 Å². The molecule has 7 nitrogen and oxygen atoms in total. The fourth-order valence-electron chi connectivity index (χ4n) is 3.66. The molecular formula is C22H25N3O4. The second kappa shape index (κ2) is 9.48. The van der Waals surface area contributed by atoms with E-state index in [1.54, 1.807) is 18.2 Å². The normalized spacial score (nSPS) is 18.4. The van der Waals surface area contributed by atoms with Gasteiger partial charge in [-0.3, -0.25) is 29.4 Å². The van der Waals surface area contributed by atoms with Gasteiger partial charge in [0.1, 0.15) is 6.04 Å². The maximum Gasteiger partial charge on any atom is 0.263 e. The highest BCUT2D eigenvalue weighted by atomic mass is 16.2. The molecule has 0 radical (unpaired) electrons. The molecule has 2 aliphatic heterocycles. The minimum absolute atomic E-state index is 0.0990. The molecule has 1 unspecified atom stereocenters. The van der Waals surface area contributed by atoms with Gasteiger partial charge in [0, 0.05) is 18.4 Å². The summed E-state index contributed by atoms with van der Waals surface area (Å²) in [6.45, 7) is 0.724. The van der Waals surface area contributed by atoms with Crippen LogP contribution in [0.15, 0.2) is 18.2 Å². The van der Waals surface area contributed by atoms with Crippen molar-refractivity contribution in [3.05, 3.63) is 34.9 Å². The first-order chi connectivity index (χ1) is 14.0. The summed E-state index contributed by atoms with van der Waals surface area (Å²) in [5.41, 5.74) is 6.48. The van der Waals surface area contributed by atoms with Crippen LogP contribution in [0.5, 0.6) is 0 Å². The number of rotatable bonds is 7. The second-order valence-corrected chi connectivity index (χ2v) is 7.28. The Kier molecular flexibility index (Phi) is 6.78. The molecule has 0 spiro atoms. The Morgan fingerprint density at radius 3 is 2.55 bits per heavy atom. The van der Waals surface area contributed by atoms with Gasteiger partial charge in [0.05, 0.1) is 11.1 Å². The van der Waals surface area contributed by atoms with Crippen LogP contribution < -0.4 is 11.1 Å². The molecule has 4 amide bonds. The van der Waals surface area contributed by atoms with Crippen molar-refractivity contribution in [2.24, 2.45) is 5.73 Å². The number of piperidine rings is 1. The molecule has 0 saturated carbocycles. The summed E-state index contributed by atoms with van der Waals surface area (Å²) in [6.07, 6.45) is 6.32. The molecule has 29 heavy (non-hydrogen) atoms. The molecule has 0 bridgehead atoms. The van der Waals surface area contributed by atoms with E-state index in [-0.39, 0.29) is 24.0 Å². The molecule has 3 N–H and O–H groups in total. The fraction of sp³-hybridized carbons (Fsp3) is 0.455. The van der Waals surface area contributed by atoms with Crippen LogP contribution in [0.1, 0.15) is 77.6 Å². The van der Waals surface area contributed by atoms with E-state index in [2.05, 4.69) is 17.2 Å². The van der Waals surface area contributed by atoms with Gasteiger partial charge < -0.3 is 5.73 Å². The van der Waals surface area contributed by atoms with Crippen molar-refractivity contribution in [3.63, 3.8) is 0 Å². The summed E-state index contributed by atoms with van der Waals surface area (Å²) in [4.78, 5) is 50.2. The smallest absolute Gasteiger partial charge is 0.263 e. The summed E-state index contributed by atoms with van der Waals surface area (Å²) < 4.78 is 0. The highest BCUT2D eigenvalue weighted by molar-refractivity contribution is 6.24. The van der Waals surface area contributed by atoms with Crippen LogP contribution in [0, 0.1) is 11.8 Å². The van der Waals surface area contributed by atoms with E-state index in [9.17, 15) is 19.2 Å². The van der Waals surface area contributed by atoms with Gasteiger partial charge in [-0.15, -0.1) is 0 Å². The van der Waals surface area contributed by atoms with E-state index >= 15 is 0 Å². The number of nitrogens with two attached hydrogens (primary N) is 1. The predicted octanol–water partition coefficient (Wildman–Crippen LogP) is 1.74. The average molecular weight is 395 g/mol. The molecule has 2 aliphatic rings. The monoisotopic (exact) mass is 395 g/mol. The molecule has 1 aromatic carbocycles. The van der Waals surface area contributed by atoms with Gasteiger partial charge in [0.25, 0.3) is 11.8 Å². The van der Waals surface area contributed by atoms with Crippen LogP contribution in [0.2, 0.25) is 0 Å². The molecule has 1 atom stereocenters. The van der Waals surface area contributed by atoms with E-state index in [0.29, 0.717) is 12.0 Å². The van der Waals surface area contributed by atoms with Crippen LogP contribution in [0.25, 0.3) is 0 Å². The number of amides is 4. The first kappa shape index (κ1) is 20.7. The van der Waals surface area contributed by atoms with Crippen molar-refractivity contribution >= 4 is 23.6 Å². The quantitative estimate of drug-likeness (QED) is 0.415. The van der Waals surface area contributed by atoms with Gasteiger partial charge in [0.2, 0.25) is 11.8 Å². The van der Waals surface area contributed by atoms with E-state index in [1.807, 2.05) is 0 Å². The molecule has 2 heterocycles. The Morgan fingerprint density at radius 2 is 1.79 bits per heavy atom. The zero-order valence-electron chi connectivity index (χ0n) is 16.3. The summed E-state index contributed by atoms with van der Waals surface area (Å²) in [7, 11) is 0. The van der Waals surface area contributed by atoms with Gasteiger partial charge in [-0.05, 0) is 37.9 Å². The largest absolute Gasteiger partial charge is 0.330 e. The number of unbranched alkanes of at least 4 members (excludes halogenated alkanes) is 5. The Balaban J connectivity index is 1.70. The third kappa shape index (κ3) is 4.54. The summed E-state index contributed by atoms with van der Waals surface area (Å²) in [5, 5.41) is 2.20. The van der Waals surface area contributed by atoms with Crippen molar-refractivity contribution < 1.29 is 19.2 Å². The van der Waals surface area contributed by atoms with Gasteiger partial charge >= 0.3 is 0 Å². The number of hydrogen-bond acceptors (Lipinski definition) is 5. The SMILES string of the molecule is NCCCCCCCC#Cc1cccc2c1C(=O)N(C1CCC(=O)NC1=O)C2=O. The highest BCUT2D eigenvalue weighted by Crippen LogP contribution is 2.29. The number of imide groups is 2. The molecule has 0 aromatic heterocycles. The van der Waals surface area contributed by atoms with E-state index in [0.717, 1.165) is 43.5 Å². The number of benzene rings is 1. The standard InChI is InChI=1S/C22H25N3O4/c23-14-7-5-3-1-2-4-6-9-15-10-8-11-16-19(15)22(29)25(21(16)28)17-12-13-18(26)24-20(17)27/h8,10-11,17H,1-5,7,12-14,23H2,(H,24,26,27). The van der Waals surface area contributed by atoms with Crippen molar-refractivity contribution in [1.29, 1.82) is 0 Å². The number of carbonyl (C=O) groups excluding carboxylic acids is 4. The van der Waals surface area contributed by atoms with Crippen molar-refractivity contribution in [2.45, 2.75) is 57.4 Å². The minimum atomic E-state index is -0.963. The summed E-state index contributed by atoms with van der Waals surface area (Å²) in [5.74, 6) is 4.06. The van der Waals surface area contributed by atoms with Gasteiger partial charge in [-0.1, -0.05) is 37.2 Å². The minimum Gasteiger partial charge on any atom is -0.330 e. The molecule has 3 rings (SSSR count). The molecule has 1 aromatic rings. The molecule has 7 heteroatoms. The zero-order chi connectivity index (χ0) is 20.8. The summed E-state index contributed by atoms with van der Waals surface area (Å²) >= 11 is 0. The Bertz CT molecular complexity index is 897. The fourth-order valence-corrected chi connectivity index (χ4v) is 3.66. The Labute approximate surface area is 170 Å². The van der Waals surface area contributed by atoms with E-state index < -0.39 is 29.7 Å². The Morgan fingerprint density at radius 1 is 1.03 bits per heavy atom. The zero-order valence-corrected chi connectivity index (χ0v) is 16.3. The predicted molar refractivity (Wildman–Crippen MR) is 107 cm³/mol. The summed E-state index contributed by atoms with van der Waals surface area (Å²) in [6, 6.07) is 4.01. The van der Waals surface area contributed by atoms with Gasteiger partial charge in [-0.2, -0.15) is 0 Å². The first-order valence-electron chi connectivity index (χ1n) is 10.1. The third-order valence-electron chi connectivity index (χ3n) is 5.20. The van der Waals surface area contributed by atoms with E-state index in [1.165, 1.54) is 0 Å². The van der Waals surface area contributed by atoms with Gasteiger partial charge in [0.15, 0.2) is 0 Å². The van der Waals surface area contributed by atoms with Crippen LogP contribution in [-0.2, 0) is 9.59 Å².